The third-order valence-corrected chi connectivity index (χ3v) is 12.4. The van der Waals surface area contributed by atoms with E-state index in [2.05, 4.69) is 16.0 Å². The van der Waals surface area contributed by atoms with Crippen LogP contribution in [0, 0.1) is 11.3 Å². The van der Waals surface area contributed by atoms with Gasteiger partial charge >= 0.3 is 0 Å². The minimum Gasteiger partial charge on any atom is -0.366 e. The summed E-state index contributed by atoms with van der Waals surface area (Å²) in [5.74, 6) is 0. The molecule has 0 aliphatic carbocycles. The van der Waals surface area contributed by atoms with E-state index in [0.717, 1.165) is 63.1 Å². The Morgan fingerprint density at radius 2 is 1.90 bits per heavy atom. The van der Waals surface area contributed by atoms with Crippen LogP contribution in [-0.2, 0) is 37.4 Å². The Hall–Kier alpha value is -2.56. The van der Waals surface area contributed by atoms with Crippen LogP contribution in [0.2, 0.25) is 0 Å². The molecule has 0 saturated carbocycles. The van der Waals surface area contributed by atoms with E-state index in [9.17, 15) is 22.1 Å². The van der Waals surface area contributed by atoms with Gasteiger partial charge in [0.1, 0.15) is 6.61 Å². The third kappa shape index (κ3) is 5.62. The molecule has 2 aromatic heterocycles. The first-order valence-electron chi connectivity index (χ1n) is 13.6. The molecule has 9 nitrogen and oxygen atoms in total. The first-order valence-corrected chi connectivity index (χ1v) is 17.7. The molecule has 12 heteroatoms. The fourth-order valence-electron chi connectivity index (χ4n) is 5.99. The average Bonchev–Trinajstić information content (AvgIpc) is 3.45. The molecule has 0 amide bonds. The number of hydrogen-bond acceptors (Lipinski definition) is 9. The zero-order valence-electron chi connectivity index (χ0n) is 24.3. The second kappa shape index (κ2) is 10.3. The van der Waals surface area contributed by atoms with E-state index < -0.39 is 30.4 Å². The molecule has 4 heterocycles. The molecular formula is C29H36N4O5S3. The number of nitriles is 1. The van der Waals surface area contributed by atoms with E-state index in [4.69, 9.17) is 4.18 Å². The van der Waals surface area contributed by atoms with Crippen LogP contribution >= 0.6 is 11.3 Å². The van der Waals surface area contributed by atoms with Crippen LogP contribution in [0.15, 0.2) is 30.5 Å². The topological polar surface area (TPSA) is 121 Å². The van der Waals surface area contributed by atoms with E-state index in [0.29, 0.717) is 18.5 Å². The molecule has 2 aliphatic rings. The van der Waals surface area contributed by atoms with Crippen molar-refractivity contribution < 1.29 is 21.0 Å². The molecule has 3 aromatic rings. The van der Waals surface area contributed by atoms with E-state index in [1.807, 2.05) is 38.1 Å². The summed E-state index contributed by atoms with van der Waals surface area (Å²) in [5, 5.41) is 9.90. The van der Waals surface area contributed by atoms with Gasteiger partial charge in [-0.3, -0.25) is 9.17 Å². The largest absolute Gasteiger partial charge is 0.366 e. The smallest absolute Gasteiger partial charge is 0.264 e. The summed E-state index contributed by atoms with van der Waals surface area (Å²) in [7, 11) is -7.14. The molecule has 1 atom stereocenters. The number of fused-ring (bicyclic) bond motifs is 2. The molecule has 0 radical (unpaired) electrons. The van der Waals surface area contributed by atoms with Crippen LogP contribution in [-0.4, -0.2) is 61.8 Å². The monoisotopic (exact) mass is 616 g/mol. The van der Waals surface area contributed by atoms with E-state index in [-0.39, 0.29) is 12.6 Å². The van der Waals surface area contributed by atoms with Crippen molar-refractivity contribution in [2.45, 2.75) is 76.8 Å². The Morgan fingerprint density at radius 1 is 1.17 bits per heavy atom. The van der Waals surface area contributed by atoms with Gasteiger partial charge in [-0.15, -0.1) is 11.3 Å². The maximum absolute atomic E-state index is 13.6. The minimum absolute atomic E-state index is 0.0350. The second-order valence-corrected chi connectivity index (χ2v) is 17.9. The minimum atomic E-state index is -3.60. The van der Waals surface area contributed by atoms with Gasteiger partial charge in [0.05, 0.1) is 32.9 Å². The zero-order chi connectivity index (χ0) is 30.0. The zero-order valence-corrected chi connectivity index (χ0v) is 26.7. The molecule has 1 fully saturated rings. The highest BCUT2D eigenvalue weighted by molar-refractivity contribution is 7.90. The van der Waals surface area contributed by atoms with E-state index in [1.54, 1.807) is 31.3 Å². The maximum atomic E-state index is 13.6. The van der Waals surface area contributed by atoms with Gasteiger partial charge in [-0.25, -0.2) is 8.42 Å². The fourth-order valence-corrected chi connectivity index (χ4v) is 9.22. The summed E-state index contributed by atoms with van der Waals surface area (Å²) in [6.45, 7) is 10.3. The first kappa shape index (κ1) is 29.9. The van der Waals surface area contributed by atoms with Crippen molar-refractivity contribution >= 4 is 47.4 Å². The van der Waals surface area contributed by atoms with Crippen molar-refractivity contribution in [3.05, 3.63) is 46.5 Å². The quantitative estimate of drug-likeness (QED) is 0.353. The lowest BCUT2D eigenvalue weighted by atomic mass is 9.90. The Balaban J connectivity index is 1.62. The highest BCUT2D eigenvalue weighted by Crippen LogP contribution is 2.46. The number of aryl methyl sites for hydroxylation is 1. The van der Waals surface area contributed by atoms with E-state index in [1.165, 1.54) is 11.3 Å². The van der Waals surface area contributed by atoms with Gasteiger partial charge in [0.25, 0.3) is 10.1 Å². The van der Waals surface area contributed by atoms with Crippen molar-refractivity contribution in [1.29, 1.82) is 5.26 Å². The molecule has 0 bridgehead atoms. The lowest BCUT2D eigenvalue weighted by molar-refractivity contribution is 0.284. The van der Waals surface area contributed by atoms with Gasteiger partial charge in [-0.1, -0.05) is 0 Å². The highest BCUT2D eigenvalue weighted by Gasteiger charge is 2.50. The highest BCUT2D eigenvalue weighted by atomic mass is 32.2. The number of rotatable bonds is 6. The SMILES string of the molecule is CC1(C)CC(N2CCCc3cc(C#N)cc(-c4ccnc5cc(COS(C)(=O)=O)sc45)c32)CN1S(=O)(=O)C(C)(C)C. The second-order valence-electron chi connectivity index (χ2n) is 12.5. The summed E-state index contributed by atoms with van der Waals surface area (Å²) < 4.78 is 57.0. The normalized spacial score (nSPS) is 19.8. The third-order valence-electron chi connectivity index (χ3n) is 7.91. The number of thiophene rings is 1. The van der Waals surface area contributed by atoms with Crippen LogP contribution in [0.4, 0.5) is 5.69 Å². The summed E-state index contributed by atoms with van der Waals surface area (Å²) >= 11 is 1.42. The maximum Gasteiger partial charge on any atom is 0.264 e. The molecular weight excluding hydrogens is 581 g/mol. The van der Waals surface area contributed by atoms with Crippen LogP contribution in [0.1, 0.15) is 63.5 Å². The van der Waals surface area contributed by atoms with Gasteiger partial charge in [-0.05, 0) is 83.7 Å². The van der Waals surface area contributed by atoms with Crippen molar-refractivity contribution in [1.82, 2.24) is 9.29 Å². The Labute approximate surface area is 246 Å². The van der Waals surface area contributed by atoms with Crippen LogP contribution in [0.25, 0.3) is 21.3 Å². The van der Waals surface area contributed by atoms with Crippen molar-refractivity contribution in [3.63, 3.8) is 0 Å². The van der Waals surface area contributed by atoms with Gasteiger partial charge in [0, 0.05) is 52.6 Å². The van der Waals surface area contributed by atoms with Crippen molar-refractivity contribution in [2.75, 3.05) is 24.2 Å². The van der Waals surface area contributed by atoms with Gasteiger partial charge in [0.15, 0.2) is 0 Å². The number of benzene rings is 1. The predicted molar refractivity (Wildman–Crippen MR) is 163 cm³/mol. The number of sulfonamides is 1. The van der Waals surface area contributed by atoms with Crippen molar-refractivity contribution in [2.24, 2.45) is 0 Å². The van der Waals surface area contributed by atoms with Crippen LogP contribution in [0.3, 0.4) is 0 Å². The summed E-state index contributed by atoms with van der Waals surface area (Å²) in [5.41, 5.74) is 4.64. The lowest BCUT2D eigenvalue weighted by Gasteiger charge is -2.38. The summed E-state index contributed by atoms with van der Waals surface area (Å²) in [6, 6.07) is 9.90. The number of hydrogen-bond donors (Lipinski definition) is 0. The van der Waals surface area contributed by atoms with Gasteiger partial charge in [-0.2, -0.15) is 18.0 Å². The molecule has 0 N–H and O–H groups in total. The van der Waals surface area contributed by atoms with Gasteiger partial charge < -0.3 is 4.90 Å². The average molecular weight is 617 g/mol. The van der Waals surface area contributed by atoms with Gasteiger partial charge in [0.2, 0.25) is 10.0 Å². The number of pyridine rings is 1. The predicted octanol–water partition coefficient (Wildman–Crippen LogP) is 5.04. The number of nitrogens with zero attached hydrogens (tertiary/aromatic N) is 4. The van der Waals surface area contributed by atoms with Crippen molar-refractivity contribution in [3.8, 4) is 17.2 Å². The fraction of sp³-hybridized carbons (Fsp3) is 0.517. The molecule has 1 aromatic carbocycles. The molecule has 41 heavy (non-hydrogen) atoms. The molecule has 2 aliphatic heterocycles. The van der Waals surface area contributed by atoms with Crippen LogP contribution < -0.4 is 4.90 Å². The standard InChI is InChI=1S/C29H36N4O5S3/c1-28(2,3)41(36,37)33-17-21(15-29(33,4)5)32-11-7-8-20-12-19(16-30)13-24(26(20)32)23-9-10-31-25-14-22(39-27(23)25)18-38-40(6,34)35/h9-10,12-14,21H,7-8,11,15,17-18H2,1-6H3. The van der Waals surface area contributed by atoms with Crippen LogP contribution in [0.5, 0.6) is 0 Å². The van der Waals surface area contributed by atoms with E-state index >= 15 is 0 Å². The molecule has 0 spiro atoms. The summed E-state index contributed by atoms with van der Waals surface area (Å²) in [4.78, 5) is 7.60. The number of anilines is 1. The summed E-state index contributed by atoms with van der Waals surface area (Å²) in [6.07, 6.45) is 5.15. The Kier molecular flexibility index (Phi) is 7.52. The molecule has 220 valence electrons. The molecule has 5 rings (SSSR count). The first-order chi connectivity index (χ1) is 19.0. The Morgan fingerprint density at radius 3 is 2.56 bits per heavy atom. The lowest BCUT2D eigenvalue weighted by Crippen LogP contribution is -2.50. The molecule has 1 unspecified atom stereocenters. The Bertz CT molecular complexity index is 1770. The molecule has 1 saturated heterocycles. The number of aromatic nitrogens is 1.